The fourth-order valence-electron chi connectivity index (χ4n) is 5.81. The Kier molecular flexibility index (Phi) is 15.0. The van der Waals surface area contributed by atoms with Gasteiger partial charge in [-0.15, -0.1) is 0 Å². The molecule has 0 spiro atoms. The van der Waals surface area contributed by atoms with E-state index < -0.39 is 45.7 Å². The zero-order chi connectivity index (χ0) is 39.1. The highest BCUT2D eigenvalue weighted by molar-refractivity contribution is 7.89. The third-order valence-corrected chi connectivity index (χ3v) is 9.97. The minimum atomic E-state index is -4.28. The molecule has 0 radical (unpaired) electrons. The van der Waals surface area contributed by atoms with Crippen LogP contribution < -0.4 is 20.7 Å². The SMILES string of the molecule is CC(C)(C)OC(=O)NCCC1CCN(C(=O)[C@H](Cc2cccc(C#N)c2)NS(=O)(=O)c2cccc(NC(=O)CCNC(=O)OCc3ccccc3)c2)CC1. The van der Waals surface area contributed by atoms with E-state index in [1.54, 1.807) is 49.9 Å². The van der Waals surface area contributed by atoms with Gasteiger partial charge in [0.15, 0.2) is 0 Å². The van der Waals surface area contributed by atoms with Gasteiger partial charge in [0.05, 0.1) is 16.5 Å². The lowest BCUT2D eigenvalue weighted by Gasteiger charge is -2.34. The largest absolute Gasteiger partial charge is 0.445 e. The first kappa shape index (κ1) is 41.3. The number of amides is 4. The molecule has 4 amide bonds. The molecular formula is C39H48N6O8S. The number of anilines is 1. The van der Waals surface area contributed by atoms with E-state index in [1.165, 1.54) is 24.3 Å². The molecule has 1 saturated heterocycles. The first-order valence-electron chi connectivity index (χ1n) is 17.8. The number of ether oxygens (including phenoxy) is 2. The summed E-state index contributed by atoms with van der Waals surface area (Å²) in [5.74, 6) is -0.602. The summed E-state index contributed by atoms with van der Waals surface area (Å²) in [5, 5.41) is 17.3. The Labute approximate surface area is 316 Å². The van der Waals surface area contributed by atoms with E-state index in [2.05, 4.69) is 26.7 Å². The molecule has 1 fully saturated rings. The molecule has 3 aromatic rings. The van der Waals surface area contributed by atoms with Gasteiger partial charge in [-0.3, -0.25) is 9.59 Å². The van der Waals surface area contributed by atoms with Crippen molar-refractivity contribution in [3.05, 3.63) is 95.6 Å². The van der Waals surface area contributed by atoms with Crippen LogP contribution in [0.1, 0.15) is 63.1 Å². The normalized spacial score (nSPS) is 13.9. The molecule has 1 heterocycles. The maximum Gasteiger partial charge on any atom is 0.407 e. The smallest absolute Gasteiger partial charge is 0.407 e. The second-order valence-corrected chi connectivity index (χ2v) is 15.7. The topological polar surface area (TPSA) is 196 Å². The molecule has 0 unspecified atom stereocenters. The molecule has 0 aromatic heterocycles. The minimum Gasteiger partial charge on any atom is -0.445 e. The zero-order valence-corrected chi connectivity index (χ0v) is 31.6. The maximum absolute atomic E-state index is 13.9. The predicted octanol–water partition coefficient (Wildman–Crippen LogP) is 4.86. The van der Waals surface area contributed by atoms with E-state index in [-0.39, 0.29) is 42.5 Å². The third-order valence-electron chi connectivity index (χ3n) is 8.50. The van der Waals surface area contributed by atoms with Crippen molar-refractivity contribution in [2.45, 2.75) is 76.0 Å². The van der Waals surface area contributed by atoms with Crippen molar-refractivity contribution in [3.63, 3.8) is 0 Å². The van der Waals surface area contributed by atoms with Gasteiger partial charge in [-0.1, -0.05) is 48.5 Å². The molecule has 54 heavy (non-hydrogen) atoms. The van der Waals surface area contributed by atoms with Crippen molar-refractivity contribution in [1.82, 2.24) is 20.3 Å². The van der Waals surface area contributed by atoms with Crippen molar-refractivity contribution < 1.29 is 37.1 Å². The van der Waals surface area contributed by atoms with Gasteiger partial charge in [0.1, 0.15) is 18.2 Å². The monoisotopic (exact) mass is 760 g/mol. The molecule has 4 rings (SSSR count). The van der Waals surface area contributed by atoms with Crippen molar-refractivity contribution >= 4 is 39.7 Å². The Hall–Kier alpha value is -5.46. The lowest BCUT2D eigenvalue weighted by molar-refractivity contribution is -0.134. The van der Waals surface area contributed by atoms with E-state index >= 15 is 0 Å². The average molecular weight is 761 g/mol. The number of nitrogens with zero attached hydrogens (tertiary/aromatic N) is 2. The molecule has 1 aliphatic rings. The Morgan fingerprint density at radius 2 is 1.57 bits per heavy atom. The number of hydrogen-bond acceptors (Lipinski definition) is 9. The fourth-order valence-corrected chi connectivity index (χ4v) is 7.04. The number of sulfonamides is 1. The summed E-state index contributed by atoms with van der Waals surface area (Å²) in [6, 6.07) is 22.3. The molecule has 14 nitrogen and oxygen atoms in total. The Morgan fingerprint density at radius 3 is 2.28 bits per heavy atom. The van der Waals surface area contributed by atoms with Crippen LogP contribution >= 0.6 is 0 Å². The van der Waals surface area contributed by atoms with Crippen molar-refractivity contribution in [3.8, 4) is 6.07 Å². The lowest BCUT2D eigenvalue weighted by Crippen LogP contribution is -2.51. The van der Waals surface area contributed by atoms with Gasteiger partial charge in [0.25, 0.3) is 0 Å². The van der Waals surface area contributed by atoms with Gasteiger partial charge < -0.3 is 30.3 Å². The second-order valence-electron chi connectivity index (χ2n) is 14.0. The fraction of sp³-hybridized carbons (Fsp3) is 0.410. The van der Waals surface area contributed by atoms with Crippen LogP contribution in [0.4, 0.5) is 15.3 Å². The Bertz CT molecular complexity index is 1900. The average Bonchev–Trinajstić information content (AvgIpc) is 3.13. The number of piperidine rings is 1. The summed E-state index contributed by atoms with van der Waals surface area (Å²) in [5.41, 5.74) is 1.43. The van der Waals surface area contributed by atoms with E-state index in [1.807, 2.05) is 30.3 Å². The maximum atomic E-state index is 13.9. The number of alkyl carbamates (subject to hydrolysis) is 2. The number of hydrogen-bond donors (Lipinski definition) is 4. The molecular weight excluding hydrogens is 713 g/mol. The van der Waals surface area contributed by atoms with E-state index in [4.69, 9.17) is 9.47 Å². The number of likely N-dealkylation sites (tertiary alicyclic amines) is 1. The predicted molar refractivity (Wildman–Crippen MR) is 201 cm³/mol. The van der Waals surface area contributed by atoms with Crippen LogP contribution in [0.5, 0.6) is 0 Å². The number of carbonyl (C=O) groups is 4. The Balaban J connectivity index is 1.35. The second kappa shape index (κ2) is 19.6. The van der Waals surface area contributed by atoms with Gasteiger partial charge in [-0.05, 0) is 93.8 Å². The van der Waals surface area contributed by atoms with Gasteiger partial charge in [0.2, 0.25) is 21.8 Å². The van der Waals surface area contributed by atoms with Gasteiger partial charge >= 0.3 is 12.2 Å². The number of nitriles is 1. The van der Waals surface area contributed by atoms with Crippen LogP contribution in [-0.4, -0.2) is 75.1 Å². The first-order valence-corrected chi connectivity index (χ1v) is 19.3. The highest BCUT2D eigenvalue weighted by Crippen LogP contribution is 2.23. The van der Waals surface area contributed by atoms with Crippen LogP contribution in [-0.2, 0) is 42.1 Å². The number of carbonyl (C=O) groups excluding carboxylic acids is 4. The molecule has 0 bridgehead atoms. The van der Waals surface area contributed by atoms with Crippen LogP contribution in [0.3, 0.4) is 0 Å². The molecule has 0 aliphatic carbocycles. The van der Waals surface area contributed by atoms with Crippen LogP contribution in [0.15, 0.2) is 83.8 Å². The van der Waals surface area contributed by atoms with E-state index in [0.29, 0.717) is 50.0 Å². The first-order chi connectivity index (χ1) is 25.7. The summed E-state index contributed by atoms with van der Waals surface area (Å²) in [7, 11) is -4.28. The quantitative estimate of drug-likeness (QED) is 0.167. The van der Waals surface area contributed by atoms with Crippen molar-refractivity contribution in [1.29, 1.82) is 5.26 Å². The third kappa shape index (κ3) is 13.8. The highest BCUT2D eigenvalue weighted by Gasteiger charge is 2.32. The lowest BCUT2D eigenvalue weighted by atomic mass is 9.93. The zero-order valence-electron chi connectivity index (χ0n) is 30.8. The molecule has 1 aliphatic heterocycles. The number of rotatable bonds is 15. The number of benzene rings is 3. The molecule has 0 saturated carbocycles. The summed E-state index contributed by atoms with van der Waals surface area (Å²) < 4.78 is 40.5. The minimum absolute atomic E-state index is 0.00396. The van der Waals surface area contributed by atoms with Crippen LogP contribution in [0.2, 0.25) is 0 Å². The van der Waals surface area contributed by atoms with Crippen molar-refractivity contribution in [2.75, 3.05) is 31.5 Å². The molecule has 1 atom stereocenters. The Morgan fingerprint density at radius 1 is 0.889 bits per heavy atom. The van der Waals surface area contributed by atoms with E-state index in [9.17, 15) is 32.9 Å². The standard InChI is InChI=1S/C39H48N6O8S/c1-39(2,3)53-38(49)42-19-15-28-17-21-45(22-18-28)36(47)34(24-30-11-7-12-31(23-30)26-40)44-54(50,51)33-14-8-13-32(25-33)43-35(46)16-20-41-37(48)52-27-29-9-5-4-6-10-29/h4-14,23,25,28,34,44H,15-22,24,27H2,1-3H3,(H,41,48)(H,42,49)(H,43,46)/t34-/m0/s1. The summed E-state index contributed by atoms with van der Waals surface area (Å²) in [4.78, 5) is 52.1. The summed E-state index contributed by atoms with van der Waals surface area (Å²) >= 11 is 0. The van der Waals surface area contributed by atoms with Crippen LogP contribution in [0, 0.1) is 17.2 Å². The number of nitrogens with one attached hydrogen (secondary N) is 4. The van der Waals surface area contributed by atoms with E-state index in [0.717, 1.165) is 5.56 Å². The summed E-state index contributed by atoms with van der Waals surface area (Å²) in [6.45, 7) is 6.72. The summed E-state index contributed by atoms with van der Waals surface area (Å²) in [6.07, 6.45) is 0.823. The highest BCUT2D eigenvalue weighted by atomic mass is 32.2. The molecule has 288 valence electrons. The molecule has 4 N–H and O–H groups in total. The molecule has 15 heteroatoms. The van der Waals surface area contributed by atoms with Gasteiger partial charge in [-0.25, -0.2) is 18.0 Å². The molecule has 3 aromatic carbocycles. The van der Waals surface area contributed by atoms with Crippen LogP contribution in [0.25, 0.3) is 0 Å². The van der Waals surface area contributed by atoms with Gasteiger partial charge in [-0.2, -0.15) is 9.98 Å². The van der Waals surface area contributed by atoms with Gasteiger partial charge in [0, 0.05) is 38.3 Å². The van der Waals surface area contributed by atoms with Crippen molar-refractivity contribution in [2.24, 2.45) is 5.92 Å².